The summed E-state index contributed by atoms with van der Waals surface area (Å²) >= 11 is 1.62. The zero-order valence-corrected chi connectivity index (χ0v) is 15.0. The second kappa shape index (κ2) is 7.50. The van der Waals surface area contributed by atoms with Crippen LogP contribution in [-0.2, 0) is 0 Å². The quantitative estimate of drug-likeness (QED) is 0.664. The number of rotatable bonds is 5. The van der Waals surface area contributed by atoms with Gasteiger partial charge in [0.05, 0.1) is 6.04 Å². The van der Waals surface area contributed by atoms with E-state index in [-0.39, 0.29) is 6.04 Å². The van der Waals surface area contributed by atoms with E-state index in [1.54, 1.807) is 11.3 Å². The van der Waals surface area contributed by atoms with E-state index in [4.69, 9.17) is 15.2 Å². The predicted octanol–water partition coefficient (Wildman–Crippen LogP) is 5.44. The van der Waals surface area contributed by atoms with Gasteiger partial charge in [-0.25, -0.2) is 4.98 Å². The highest BCUT2D eigenvalue weighted by atomic mass is 32.1. The summed E-state index contributed by atoms with van der Waals surface area (Å²) in [7, 11) is 0. The van der Waals surface area contributed by atoms with Crippen molar-refractivity contribution in [1.29, 1.82) is 0 Å². The van der Waals surface area contributed by atoms with Gasteiger partial charge in [-0.2, -0.15) is 0 Å². The number of benzene rings is 1. The minimum Gasteiger partial charge on any atom is -0.354 e. The van der Waals surface area contributed by atoms with Crippen LogP contribution in [0, 0.1) is 5.92 Å². The number of hydrogen-bond acceptors (Lipinski definition) is 5. The average Bonchev–Trinajstić information content (AvgIpc) is 3.33. The topological polar surface area (TPSA) is 64.9 Å². The third-order valence-corrected chi connectivity index (χ3v) is 5.96. The van der Waals surface area contributed by atoms with Crippen molar-refractivity contribution in [2.75, 3.05) is 0 Å². The van der Waals surface area contributed by atoms with Crippen LogP contribution in [0.5, 0.6) is 0 Å². The van der Waals surface area contributed by atoms with Gasteiger partial charge in [0.1, 0.15) is 16.4 Å². The lowest BCUT2D eigenvalue weighted by atomic mass is 9.85. The molecule has 1 aromatic carbocycles. The number of nitrogens with two attached hydrogens (primary N) is 1. The maximum Gasteiger partial charge on any atom is 0.186 e. The van der Waals surface area contributed by atoms with Crippen LogP contribution >= 0.6 is 11.3 Å². The first-order valence-electron chi connectivity index (χ1n) is 9.03. The number of aromatic nitrogens is 2. The number of thiazole rings is 1. The molecule has 0 amide bonds. The Balaban J connectivity index is 1.46. The van der Waals surface area contributed by atoms with Crippen LogP contribution in [0.3, 0.4) is 0 Å². The van der Waals surface area contributed by atoms with E-state index in [1.165, 1.54) is 32.1 Å². The van der Waals surface area contributed by atoms with E-state index in [2.05, 4.69) is 5.16 Å². The highest BCUT2D eigenvalue weighted by Gasteiger charge is 2.20. The highest BCUT2D eigenvalue weighted by molar-refractivity contribution is 7.10. The average molecular weight is 353 g/mol. The van der Waals surface area contributed by atoms with E-state index in [0.717, 1.165) is 34.3 Å². The first kappa shape index (κ1) is 16.5. The van der Waals surface area contributed by atoms with Gasteiger partial charge in [0, 0.05) is 17.0 Å². The monoisotopic (exact) mass is 353 g/mol. The van der Waals surface area contributed by atoms with Gasteiger partial charge in [0.25, 0.3) is 0 Å². The van der Waals surface area contributed by atoms with Gasteiger partial charge in [0.2, 0.25) is 0 Å². The van der Waals surface area contributed by atoms with Crippen LogP contribution in [0.4, 0.5) is 0 Å². The lowest BCUT2D eigenvalue weighted by Crippen LogP contribution is -2.17. The number of nitrogens with zero attached hydrogens (tertiary/aromatic N) is 2. The van der Waals surface area contributed by atoms with E-state index in [0.29, 0.717) is 5.76 Å². The molecule has 1 saturated carbocycles. The maximum atomic E-state index is 6.42. The molecule has 5 heteroatoms. The lowest BCUT2D eigenvalue weighted by Gasteiger charge is -2.23. The molecule has 4 rings (SSSR count). The molecule has 0 spiro atoms. The molecule has 0 radical (unpaired) electrons. The molecule has 1 fully saturated rings. The third kappa shape index (κ3) is 3.83. The fraction of sp³-hybridized carbons (Fsp3) is 0.400. The van der Waals surface area contributed by atoms with Crippen LogP contribution < -0.4 is 5.73 Å². The van der Waals surface area contributed by atoms with Crippen molar-refractivity contribution >= 4 is 11.3 Å². The molecule has 2 heterocycles. The van der Waals surface area contributed by atoms with Crippen LogP contribution in [0.1, 0.15) is 49.6 Å². The molecule has 4 nitrogen and oxygen atoms in total. The summed E-state index contributed by atoms with van der Waals surface area (Å²) in [6.45, 7) is 0. The SMILES string of the molecule is NC(CC1CCCCC1)c1nc(-c2cc(-c3ccccc3)no2)cs1. The second-order valence-electron chi connectivity index (χ2n) is 6.86. The normalized spacial score (nSPS) is 16.8. The van der Waals surface area contributed by atoms with Crippen molar-refractivity contribution in [2.45, 2.75) is 44.6 Å². The Morgan fingerprint density at radius 1 is 1.12 bits per heavy atom. The van der Waals surface area contributed by atoms with Crippen molar-refractivity contribution < 1.29 is 4.52 Å². The van der Waals surface area contributed by atoms with Crippen molar-refractivity contribution in [3.63, 3.8) is 0 Å². The van der Waals surface area contributed by atoms with E-state index >= 15 is 0 Å². The van der Waals surface area contributed by atoms with Crippen LogP contribution in [0.25, 0.3) is 22.7 Å². The minimum atomic E-state index is 0.0263. The molecule has 0 aliphatic heterocycles. The smallest absolute Gasteiger partial charge is 0.186 e. The minimum absolute atomic E-state index is 0.0263. The fourth-order valence-electron chi connectivity index (χ4n) is 3.59. The Labute approximate surface area is 152 Å². The molecule has 130 valence electrons. The first-order valence-corrected chi connectivity index (χ1v) is 9.91. The molecule has 1 unspecified atom stereocenters. The standard InChI is InChI=1S/C20H23N3OS/c21-16(11-14-7-3-1-4-8-14)20-22-18(13-25-20)19-12-17(23-24-19)15-9-5-2-6-10-15/h2,5-6,9-10,12-14,16H,1,3-4,7-8,11,21H2. The van der Waals surface area contributed by atoms with Gasteiger partial charge in [-0.3, -0.25) is 0 Å². The highest BCUT2D eigenvalue weighted by Crippen LogP contribution is 2.33. The Kier molecular flexibility index (Phi) is 4.95. The van der Waals surface area contributed by atoms with Crippen molar-refractivity contribution in [3.05, 3.63) is 46.8 Å². The molecule has 1 aliphatic carbocycles. The van der Waals surface area contributed by atoms with Gasteiger partial charge < -0.3 is 10.3 Å². The number of hydrogen-bond donors (Lipinski definition) is 1. The third-order valence-electron chi connectivity index (χ3n) is 4.98. The summed E-state index contributed by atoms with van der Waals surface area (Å²) in [5, 5.41) is 7.19. The van der Waals surface area contributed by atoms with Crippen LogP contribution in [0.15, 0.2) is 46.3 Å². The zero-order chi connectivity index (χ0) is 17.1. The summed E-state index contributed by atoms with van der Waals surface area (Å²) in [6.07, 6.45) is 7.74. The van der Waals surface area contributed by atoms with Crippen LogP contribution in [-0.4, -0.2) is 10.1 Å². The molecule has 0 saturated heterocycles. The zero-order valence-electron chi connectivity index (χ0n) is 14.2. The maximum absolute atomic E-state index is 6.42. The van der Waals surface area contributed by atoms with Gasteiger partial charge in [-0.15, -0.1) is 11.3 Å². The van der Waals surface area contributed by atoms with Gasteiger partial charge >= 0.3 is 0 Å². The Morgan fingerprint density at radius 2 is 1.92 bits per heavy atom. The molecule has 2 aromatic heterocycles. The molecule has 1 aliphatic rings. The molecular weight excluding hydrogens is 330 g/mol. The van der Waals surface area contributed by atoms with Gasteiger partial charge in [0.15, 0.2) is 5.76 Å². The summed E-state index contributed by atoms with van der Waals surface area (Å²) in [6, 6.07) is 12.0. The summed E-state index contributed by atoms with van der Waals surface area (Å²) in [5.41, 5.74) is 9.12. The van der Waals surface area contributed by atoms with Crippen molar-refractivity contribution in [2.24, 2.45) is 11.7 Å². The Morgan fingerprint density at radius 3 is 2.72 bits per heavy atom. The van der Waals surface area contributed by atoms with E-state index in [1.807, 2.05) is 41.8 Å². The van der Waals surface area contributed by atoms with Crippen molar-refractivity contribution in [1.82, 2.24) is 10.1 Å². The fourth-order valence-corrected chi connectivity index (χ4v) is 4.42. The Bertz CT molecular complexity index is 805. The van der Waals surface area contributed by atoms with Gasteiger partial charge in [-0.1, -0.05) is 67.6 Å². The van der Waals surface area contributed by atoms with Gasteiger partial charge in [-0.05, 0) is 12.3 Å². The van der Waals surface area contributed by atoms with Crippen LogP contribution in [0.2, 0.25) is 0 Å². The summed E-state index contributed by atoms with van der Waals surface area (Å²) in [4.78, 5) is 4.71. The second-order valence-corrected chi connectivity index (χ2v) is 7.75. The summed E-state index contributed by atoms with van der Waals surface area (Å²) in [5.74, 6) is 1.46. The first-order chi connectivity index (χ1) is 12.3. The van der Waals surface area contributed by atoms with E-state index < -0.39 is 0 Å². The predicted molar refractivity (Wildman–Crippen MR) is 101 cm³/mol. The molecule has 0 bridgehead atoms. The molecule has 2 N–H and O–H groups in total. The molecular formula is C20H23N3OS. The summed E-state index contributed by atoms with van der Waals surface area (Å²) < 4.78 is 5.50. The molecule has 3 aromatic rings. The largest absolute Gasteiger partial charge is 0.354 e. The lowest BCUT2D eigenvalue weighted by molar-refractivity contribution is 0.319. The van der Waals surface area contributed by atoms with E-state index in [9.17, 15) is 0 Å². The Hall–Kier alpha value is -1.98. The molecule has 25 heavy (non-hydrogen) atoms. The van der Waals surface area contributed by atoms with Crippen molar-refractivity contribution in [3.8, 4) is 22.7 Å². The molecule has 1 atom stereocenters.